The summed E-state index contributed by atoms with van der Waals surface area (Å²) in [4.78, 5) is 12.7. The van der Waals surface area contributed by atoms with Crippen molar-refractivity contribution in [2.75, 3.05) is 6.54 Å². The van der Waals surface area contributed by atoms with Crippen molar-refractivity contribution in [2.24, 2.45) is 0 Å². The Morgan fingerprint density at radius 2 is 2.11 bits per heavy atom. The predicted molar refractivity (Wildman–Crippen MR) is 69.7 cm³/mol. The van der Waals surface area contributed by atoms with Gasteiger partial charge in [-0.1, -0.05) is 0 Å². The van der Waals surface area contributed by atoms with Crippen LogP contribution in [0, 0.1) is 13.8 Å². The molecule has 2 rings (SSSR count). The molecular weight excluding hydrogens is 290 g/mol. The van der Waals surface area contributed by atoms with Crippen LogP contribution in [0.15, 0.2) is 11.0 Å². The zero-order chi connectivity index (χ0) is 14.4. The number of carboxylic acids is 1. The van der Waals surface area contributed by atoms with Gasteiger partial charge in [0.15, 0.2) is 0 Å². The topological polar surface area (TPSA) is 94.9 Å². The van der Waals surface area contributed by atoms with Crippen molar-refractivity contribution in [1.29, 1.82) is 0 Å². The van der Waals surface area contributed by atoms with E-state index >= 15 is 0 Å². The number of hydrogen-bond donors (Lipinski definition) is 2. The van der Waals surface area contributed by atoms with Gasteiger partial charge in [-0.25, -0.2) is 8.42 Å². The summed E-state index contributed by atoms with van der Waals surface area (Å²) in [5.41, 5.74) is 0. The van der Waals surface area contributed by atoms with Gasteiger partial charge in [-0.05, 0) is 19.9 Å². The lowest BCUT2D eigenvalue weighted by Gasteiger charge is -2.20. The normalized spacial score (nSPS) is 24.8. The van der Waals surface area contributed by atoms with E-state index in [2.05, 4.69) is 0 Å². The summed E-state index contributed by atoms with van der Waals surface area (Å²) < 4.78 is 25.9. The van der Waals surface area contributed by atoms with Crippen LogP contribution in [0.5, 0.6) is 0 Å². The molecule has 2 N–H and O–H groups in total. The standard InChI is InChI=1S/C11H15NO5S2/c1-6-3-10(7(2)18-6)19(16,17)12-5-8(13)4-9(12)11(14)15/h3,8-9,13H,4-5H2,1-2H3,(H,14,15)/t8?,9-/m0/s1. The fourth-order valence-electron chi connectivity index (χ4n) is 2.26. The molecule has 1 fully saturated rings. The van der Waals surface area contributed by atoms with E-state index in [9.17, 15) is 18.3 Å². The van der Waals surface area contributed by atoms with E-state index in [0.29, 0.717) is 4.88 Å². The highest BCUT2D eigenvalue weighted by Gasteiger charge is 2.44. The maximum atomic E-state index is 12.5. The minimum absolute atomic E-state index is 0.0727. The van der Waals surface area contributed by atoms with Gasteiger partial charge < -0.3 is 10.2 Å². The highest BCUT2D eigenvalue weighted by atomic mass is 32.2. The van der Waals surface area contributed by atoms with E-state index in [1.807, 2.05) is 0 Å². The third-order valence-corrected chi connectivity index (χ3v) is 6.20. The van der Waals surface area contributed by atoms with Crippen molar-refractivity contribution < 1.29 is 23.4 Å². The van der Waals surface area contributed by atoms with Gasteiger partial charge in [0.2, 0.25) is 10.0 Å². The molecule has 0 aromatic carbocycles. The summed E-state index contributed by atoms with van der Waals surface area (Å²) in [6.07, 6.45) is -1.01. The molecule has 0 bridgehead atoms. The number of carbonyl (C=O) groups is 1. The number of aliphatic carboxylic acids is 1. The lowest BCUT2D eigenvalue weighted by Crippen LogP contribution is -2.40. The van der Waals surface area contributed by atoms with E-state index in [1.54, 1.807) is 19.9 Å². The Hall–Kier alpha value is -0.960. The molecule has 0 spiro atoms. The second-order valence-electron chi connectivity index (χ2n) is 4.60. The number of aliphatic hydroxyl groups is 1. The van der Waals surface area contributed by atoms with Gasteiger partial charge >= 0.3 is 5.97 Å². The molecule has 0 amide bonds. The van der Waals surface area contributed by atoms with Crippen molar-refractivity contribution in [3.63, 3.8) is 0 Å². The summed E-state index contributed by atoms with van der Waals surface area (Å²) in [6, 6.07) is 0.346. The minimum Gasteiger partial charge on any atom is -0.480 e. The van der Waals surface area contributed by atoms with Gasteiger partial charge in [-0.15, -0.1) is 11.3 Å². The van der Waals surface area contributed by atoms with Crippen LogP contribution >= 0.6 is 11.3 Å². The van der Waals surface area contributed by atoms with E-state index in [4.69, 9.17) is 5.11 Å². The maximum absolute atomic E-state index is 12.5. The summed E-state index contributed by atoms with van der Waals surface area (Å²) in [6.45, 7) is 3.31. The van der Waals surface area contributed by atoms with Gasteiger partial charge in [0, 0.05) is 22.7 Å². The first-order chi connectivity index (χ1) is 8.73. The van der Waals surface area contributed by atoms with Crippen LogP contribution in [0.25, 0.3) is 0 Å². The molecule has 1 aliphatic heterocycles. The predicted octanol–water partition coefficient (Wildman–Crippen LogP) is 0.573. The summed E-state index contributed by atoms with van der Waals surface area (Å²) in [5, 5.41) is 18.6. The third kappa shape index (κ3) is 2.53. The average molecular weight is 305 g/mol. The first-order valence-electron chi connectivity index (χ1n) is 5.73. The zero-order valence-electron chi connectivity index (χ0n) is 10.5. The van der Waals surface area contributed by atoms with Crippen molar-refractivity contribution in [2.45, 2.75) is 37.3 Å². The van der Waals surface area contributed by atoms with Gasteiger partial charge in [0.25, 0.3) is 0 Å². The molecule has 1 unspecified atom stereocenters. The quantitative estimate of drug-likeness (QED) is 0.851. The number of sulfonamides is 1. The Labute approximate surface area is 115 Å². The largest absolute Gasteiger partial charge is 0.480 e. The van der Waals surface area contributed by atoms with Crippen molar-refractivity contribution in [3.8, 4) is 0 Å². The Bertz CT molecular complexity index is 607. The summed E-state index contributed by atoms with van der Waals surface area (Å²) in [5.74, 6) is -1.23. The highest BCUT2D eigenvalue weighted by molar-refractivity contribution is 7.89. The number of β-amino-alcohol motifs (C(OH)–C–C–N with tert-alkyl or cyclic N) is 1. The summed E-state index contributed by atoms with van der Waals surface area (Å²) >= 11 is 1.35. The molecular formula is C11H15NO5S2. The van der Waals surface area contributed by atoms with Crippen LogP contribution in [0.3, 0.4) is 0 Å². The van der Waals surface area contributed by atoms with Gasteiger partial charge in [-0.3, -0.25) is 4.79 Å². The van der Waals surface area contributed by atoms with E-state index in [0.717, 1.165) is 9.18 Å². The number of thiophene rings is 1. The fraction of sp³-hybridized carbons (Fsp3) is 0.545. The Balaban J connectivity index is 2.44. The third-order valence-electron chi connectivity index (χ3n) is 3.10. The van der Waals surface area contributed by atoms with Gasteiger partial charge in [0.05, 0.1) is 11.0 Å². The molecule has 19 heavy (non-hydrogen) atoms. The van der Waals surface area contributed by atoms with Crippen LogP contribution in [0.2, 0.25) is 0 Å². The molecule has 1 aromatic heterocycles. The van der Waals surface area contributed by atoms with Crippen LogP contribution in [-0.2, 0) is 14.8 Å². The van der Waals surface area contributed by atoms with E-state index < -0.39 is 28.1 Å². The monoisotopic (exact) mass is 305 g/mol. The molecule has 0 saturated carbocycles. The van der Waals surface area contributed by atoms with Gasteiger partial charge in [-0.2, -0.15) is 4.31 Å². The highest BCUT2D eigenvalue weighted by Crippen LogP contribution is 2.32. The Morgan fingerprint density at radius 1 is 1.47 bits per heavy atom. The van der Waals surface area contributed by atoms with Crippen LogP contribution in [0.1, 0.15) is 16.2 Å². The first kappa shape index (κ1) is 14.4. The molecule has 1 aliphatic rings. The maximum Gasteiger partial charge on any atom is 0.322 e. The number of nitrogens with zero attached hydrogens (tertiary/aromatic N) is 1. The molecule has 106 valence electrons. The molecule has 2 heterocycles. The van der Waals surface area contributed by atoms with Crippen LogP contribution in [0.4, 0.5) is 0 Å². The van der Waals surface area contributed by atoms with Crippen molar-refractivity contribution in [1.82, 2.24) is 4.31 Å². The second kappa shape index (κ2) is 4.86. The minimum atomic E-state index is -3.87. The van der Waals surface area contributed by atoms with E-state index in [1.165, 1.54) is 11.3 Å². The number of aryl methyl sites for hydroxylation is 2. The smallest absolute Gasteiger partial charge is 0.322 e. The molecule has 0 radical (unpaired) electrons. The first-order valence-corrected chi connectivity index (χ1v) is 7.99. The van der Waals surface area contributed by atoms with Crippen molar-refractivity contribution >= 4 is 27.3 Å². The van der Waals surface area contributed by atoms with Gasteiger partial charge in [0.1, 0.15) is 6.04 Å². The van der Waals surface area contributed by atoms with Crippen LogP contribution < -0.4 is 0 Å². The SMILES string of the molecule is Cc1cc(S(=O)(=O)N2CC(O)C[C@H]2C(=O)O)c(C)s1. The molecule has 0 aliphatic carbocycles. The molecule has 1 saturated heterocycles. The van der Waals surface area contributed by atoms with Crippen molar-refractivity contribution in [3.05, 3.63) is 15.8 Å². The molecule has 2 atom stereocenters. The number of hydrogen-bond acceptors (Lipinski definition) is 5. The van der Waals surface area contributed by atoms with Crippen LogP contribution in [-0.4, -0.2) is 47.6 Å². The molecule has 6 nitrogen and oxygen atoms in total. The Morgan fingerprint density at radius 3 is 2.58 bits per heavy atom. The molecule has 8 heteroatoms. The number of carboxylic acid groups (broad SMARTS) is 1. The molecule has 1 aromatic rings. The number of aliphatic hydroxyl groups excluding tert-OH is 1. The second-order valence-corrected chi connectivity index (χ2v) is 7.92. The fourth-order valence-corrected chi connectivity index (χ4v) is 5.42. The lowest BCUT2D eigenvalue weighted by molar-refractivity contribution is -0.140. The average Bonchev–Trinajstić information content (AvgIpc) is 2.82. The zero-order valence-corrected chi connectivity index (χ0v) is 12.2. The summed E-state index contributed by atoms with van der Waals surface area (Å²) in [7, 11) is -3.87. The Kier molecular flexibility index (Phi) is 3.69. The van der Waals surface area contributed by atoms with E-state index in [-0.39, 0.29) is 17.9 Å². The number of rotatable bonds is 3. The lowest BCUT2D eigenvalue weighted by atomic mass is 10.2.